The van der Waals surface area contributed by atoms with Crippen molar-refractivity contribution in [2.45, 2.75) is 26.2 Å². The van der Waals surface area contributed by atoms with E-state index in [1.54, 1.807) is 10.9 Å². The van der Waals surface area contributed by atoms with Crippen LogP contribution in [0.15, 0.2) is 12.5 Å². The second kappa shape index (κ2) is 6.62. The Morgan fingerprint density at radius 1 is 1.48 bits per heavy atom. The minimum atomic E-state index is -0.313. The molecule has 0 aromatic carbocycles. The van der Waals surface area contributed by atoms with Crippen molar-refractivity contribution in [2.75, 3.05) is 6.54 Å². The smallest absolute Gasteiger partial charge is 0.271 e. The summed E-state index contributed by atoms with van der Waals surface area (Å²) in [5.41, 5.74) is 0.202. The molecule has 0 saturated carbocycles. The highest BCUT2D eigenvalue weighted by Crippen LogP contribution is 2.16. The van der Waals surface area contributed by atoms with Gasteiger partial charge in [0.05, 0.1) is 11.2 Å². The van der Waals surface area contributed by atoms with E-state index in [1.165, 1.54) is 6.20 Å². The van der Waals surface area contributed by atoms with Gasteiger partial charge in [0.2, 0.25) is 0 Å². The Bertz CT molecular complexity index is 639. The molecular weight excluding hydrogens is 292 g/mol. The Labute approximate surface area is 127 Å². The van der Waals surface area contributed by atoms with E-state index in [0.717, 1.165) is 5.82 Å². The van der Waals surface area contributed by atoms with Gasteiger partial charge >= 0.3 is 0 Å². The van der Waals surface area contributed by atoms with Crippen LogP contribution in [0.2, 0.25) is 5.02 Å². The third-order valence-electron chi connectivity index (χ3n) is 2.93. The van der Waals surface area contributed by atoms with Crippen LogP contribution in [-0.4, -0.2) is 37.2 Å². The van der Waals surface area contributed by atoms with Crippen LogP contribution in [0.5, 0.6) is 0 Å². The maximum Gasteiger partial charge on any atom is 0.271 e. The van der Waals surface area contributed by atoms with E-state index in [-0.39, 0.29) is 22.5 Å². The highest BCUT2D eigenvalue weighted by molar-refractivity contribution is 6.33. The fourth-order valence-electron chi connectivity index (χ4n) is 1.72. The van der Waals surface area contributed by atoms with Crippen molar-refractivity contribution in [1.29, 1.82) is 0 Å². The molecule has 2 aromatic rings. The summed E-state index contributed by atoms with van der Waals surface area (Å²) in [6.45, 7) is 4.35. The fourth-order valence-corrected chi connectivity index (χ4v) is 1.90. The fraction of sp³-hybridized carbons (Fsp3) is 0.462. The molecule has 1 amide bonds. The quantitative estimate of drug-likeness (QED) is 0.901. The number of carbonyl (C=O) groups excluding carboxylic acids is 1. The summed E-state index contributed by atoms with van der Waals surface area (Å²) in [5.74, 6) is 1.21. The van der Waals surface area contributed by atoms with Gasteiger partial charge in [0, 0.05) is 25.9 Å². The molecule has 2 rings (SSSR count). The number of nitrogens with one attached hydrogen (secondary N) is 1. The summed E-state index contributed by atoms with van der Waals surface area (Å²) >= 11 is 5.99. The number of rotatable bonds is 5. The van der Waals surface area contributed by atoms with Crippen LogP contribution < -0.4 is 5.32 Å². The lowest BCUT2D eigenvalue weighted by Crippen LogP contribution is -2.28. The number of aromatic nitrogens is 5. The first-order valence-electron chi connectivity index (χ1n) is 6.62. The van der Waals surface area contributed by atoms with Crippen LogP contribution in [0.3, 0.4) is 0 Å². The molecule has 0 saturated heterocycles. The molecule has 8 heteroatoms. The van der Waals surface area contributed by atoms with Gasteiger partial charge in [-0.2, -0.15) is 0 Å². The van der Waals surface area contributed by atoms with Gasteiger partial charge < -0.3 is 9.88 Å². The van der Waals surface area contributed by atoms with Crippen LogP contribution in [0, 0.1) is 0 Å². The van der Waals surface area contributed by atoms with Crippen molar-refractivity contribution in [3.05, 3.63) is 34.9 Å². The zero-order valence-corrected chi connectivity index (χ0v) is 12.9. The summed E-state index contributed by atoms with van der Waals surface area (Å²) in [5, 5.41) is 10.8. The monoisotopic (exact) mass is 308 g/mol. The van der Waals surface area contributed by atoms with E-state index >= 15 is 0 Å². The average molecular weight is 309 g/mol. The van der Waals surface area contributed by atoms with Crippen molar-refractivity contribution < 1.29 is 4.79 Å². The summed E-state index contributed by atoms with van der Waals surface area (Å²) in [6, 6.07) is 0. The Kier molecular flexibility index (Phi) is 4.85. The number of nitrogens with zero attached hydrogens (tertiary/aromatic N) is 5. The minimum absolute atomic E-state index is 0.132. The summed E-state index contributed by atoms with van der Waals surface area (Å²) in [6.07, 6.45) is 3.66. The minimum Gasteiger partial charge on any atom is -0.350 e. The number of carbonyl (C=O) groups is 1. The van der Waals surface area contributed by atoms with Crippen LogP contribution in [0.4, 0.5) is 0 Å². The Morgan fingerprint density at radius 2 is 2.24 bits per heavy atom. The Balaban J connectivity index is 2.00. The van der Waals surface area contributed by atoms with Gasteiger partial charge in [0.1, 0.15) is 23.7 Å². The Morgan fingerprint density at radius 3 is 2.86 bits per heavy atom. The Hall–Kier alpha value is -2.02. The maximum atomic E-state index is 12.1. The van der Waals surface area contributed by atoms with Crippen molar-refractivity contribution in [3.8, 4) is 0 Å². The molecule has 0 aliphatic carbocycles. The molecule has 0 aliphatic heterocycles. The molecule has 0 radical (unpaired) electrons. The predicted octanol–water partition coefficient (Wildman–Crippen LogP) is 1.35. The highest BCUT2D eigenvalue weighted by Gasteiger charge is 2.15. The lowest BCUT2D eigenvalue weighted by Gasteiger charge is -2.08. The van der Waals surface area contributed by atoms with Crippen molar-refractivity contribution in [2.24, 2.45) is 7.05 Å². The number of amides is 1. The van der Waals surface area contributed by atoms with Crippen LogP contribution in [0.25, 0.3) is 0 Å². The SMILES string of the molecule is CC(C)c1ncc(Cl)c(C(=O)NCCc2nncn2C)n1. The van der Waals surface area contributed by atoms with Crippen molar-refractivity contribution in [3.63, 3.8) is 0 Å². The van der Waals surface area contributed by atoms with E-state index in [9.17, 15) is 4.79 Å². The third-order valence-corrected chi connectivity index (χ3v) is 3.21. The zero-order valence-electron chi connectivity index (χ0n) is 12.2. The molecule has 112 valence electrons. The van der Waals surface area contributed by atoms with Crippen LogP contribution in [-0.2, 0) is 13.5 Å². The second-order valence-corrected chi connectivity index (χ2v) is 5.35. The molecule has 0 atom stereocenters. The van der Waals surface area contributed by atoms with Gasteiger partial charge in [0.15, 0.2) is 0 Å². The molecule has 0 unspecified atom stereocenters. The number of hydrogen-bond acceptors (Lipinski definition) is 5. The first-order chi connectivity index (χ1) is 9.99. The number of hydrogen-bond donors (Lipinski definition) is 1. The van der Waals surface area contributed by atoms with E-state index in [0.29, 0.717) is 18.8 Å². The summed E-state index contributed by atoms with van der Waals surface area (Å²) in [4.78, 5) is 20.5. The lowest BCUT2D eigenvalue weighted by atomic mass is 10.2. The van der Waals surface area contributed by atoms with Crippen molar-refractivity contribution >= 4 is 17.5 Å². The highest BCUT2D eigenvalue weighted by atomic mass is 35.5. The standard InChI is InChI=1S/C13H17ClN6O/c1-8(2)12-16-6-9(14)11(18-12)13(21)15-5-4-10-19-17-7-20(10)3/h6-8H,4-5H2,1-3H3,(H,15,21). The third kappa shape index (κ3) is 3.75. The van der Waals surface area contributed by atoms with Gasteiger partial charge in [-0.3, -0.25) is 4.79 Å². The average Bonchev–Trinajstić information content (AvgIpc) is 2.84. The van der Waals surface area contributed by atoms with Crippen molar-refractivity contribution in [1.82, 2.24) is 30.0 Å². The predicted molar refractivity (Wildman–Crippen MR) is 78.2 cm³/mol. The molecule has 0 spiro atoms. The van der Waals surface area contributed by atoms with Gasteiger partial charge in [-0.15, -0.1) is 10.2 Å². The number of halogens is 1. The molecule has 0 aliphatic rings. The van der Waals surface area contributed by atoms with E-state index in [1.807, 2.05) is 20.9 Å². The van der Waals surface area contributed by atoms with Gasteiger partial charge in [-0.1, -0.05) is 25.4 Å². The van der Waals surface area contributed by atoms with Gasteiger partial charge in [0.25, 0.3) is 5.91 Å². The first-order valence-corrected chi connectivity index (χ1v) is 7.00. The molecule has 7 nitrogen and oxygen atoms in total. The molecule has 2 aromatic heterocycles. The molecular formula is C13H17ClN6O. The van der Waals surface area contributed by atoms with Crippen LogP contribution >= 0.6 is 11.6 Å². The summed E-state index contributed by atoms with van der Waals surface area (Å²) in [7, 11) is 1.85. The van der Waals surface area contributed by atoms with E-state index < -0.39 is 0 Å². The molecule has 2 heterocycles. The van der Waals surface area contributed by atoms with Gasteiger partial charge in [-0.25, -0.2) is 9.97 Å². The zero-order chi connectivity index (χ0) is 15.4. The van der Waals surface area contributed by atoms with Gasteiger partial charge in [-0.05, 0) is 0 Å². The topological polar surface area (TPSA) is 85.6 Å². The van der Waals surface area contributed by atoms with E-state index in [4.69, 9.17) is 11.6 Å². The maximum absolute atomic E-state index is 12.1. The van der Waals surface area contributed by atoms with Crippen LogP contribution in [0.1, 0.15) is 41.9 Å². The second-order valence-electron chi connectivity index (χ2n) is 4.94. The lowest BCUT2D eigenvalue weighted by molar-refractivity contribution is 0.0948. The molecule has 0 fully saturated rings. The molecule has 1 N–H and O–H groups in total. The summed E-state index contributed by atoms with van der Waals surface area (Å²) < 4.78 is 1.81. The normalized spacial score (nSPS) is 10.9. The number of aryl methyl sites for hydroxylation is 1. The van der Waals surface area contributed by atoms with E-state index in [2.05, 4.69) is 25.5 Å². The molecule has 0 bridgehead atoms. The first kappa shape index (κ1) is 15.4. The largest absolute Gasteiger partial charge is 0.350 e. The molecule has 21 heavy (non-hydrogen) atoms.